The van der Waals surface area contributed by atoms with Gasteiger partial charge in [-0.2, -0.15) is 0 Å². The molecule has 0 aliphatic heterocycles. The van der Waals surface area contributed by atoms with Gasteiger partial charge in [-0.15, -0.1) is 0 Å². The molecule has 1 rings (SSSR count). The Bertz CT molecular complexity index is 268. The molecule has 2 heteroatoms. The van der Waals surface area contributed by atoms with Gasteiger partial charge < -0.3 is 5.32 Å². The predicted octanol–water partition coefficient (Wildman–Crippen LogP) is 2.00. The molecule has 12 heavy (non-hydrogen) atoms. The largest absolute Gasteiger partial charge is 0.313 e. The molecular formula is C10H14N2. The highest BCUT2D eigenvalue weighted by Gasteiger charge is 2.01. The SMILES string of the molecule is C=Cc1cc([C@@H](C)NC)ccn1. The van der Waals surface area contributed by atoms with E-state index in [9.17, 15) is 0 Å². The summed E-state index contributed by atoms with van der Waals surface area (Å²) < 4.78 is 0. The van der Waals surface area contributed by atoms with Gasteiger partial charge >= 0.3 is 0 Å². The Kier molecular flexibility index (Phi) is 3.00. The Morgan fingerprint density at radius 1 is 1.67 bits per heavy atom. The second kappa shape index (κ2) is 4.02. The van der Waals surface area contributed by atoms with E-state index in [4.69, 9.17) is 0 Å². The fourth-order valence-corrected chi connectivity index (χ4v) is 1.01. The molecule has 0 aromatic carbocycles. The molecule has 0 fully saturated rings. The second-order valence-electron chi connectivity index (χ2n) is 2.73. The molecular weight excluding hydrogens is 148 g/mol. The molecule has 0 spiro atoms. The summed E-state index contributed by atoms with van der Waals surface area (Å²) in [5.41, 5.74) is 2.16. The molecule has 2 nitrogen and oxygen atoms in total. The smallest absolute Gasteiger partial charge is 0.0627 e. The number of hydrogen-bond acceptors (Lipinski definition) is 2. The van der Waals surface area contributed by atoms with Gasteiger partial charge in [0.2, 0.25) is 0 Å². The first kappa shape index (κ1) is 8.94. The predicted molar refractivity (Wildman–Crippen MR) is 51.8 cm³/mol. The highest BCUT2D eigenvalue weighted by molar-refractivity contribution is 5.42. The number of pyridine rings is 1. The molecule has 0 amide bonds. The summed E-state index contributed by atoms with van der Waals surface area (Å²) in [5, 5.41) is 3.17. The summed E-state index contributed by atoms with van der Waals surface area (Å²) >= 11 is 0. The van der Waals surface area contributed by atoms with Crippen LogP contribution in [0.2, 0.25) is 0 Å². The summed E-state index contributed by atoms with van der Waals surface area (Å²) in [6.07, 6.45) is 3.56. The maximum atomic E-state index is 4.13. The van der Waals surface area contributed by atoms with E-state index in [0.717, 1.165) is 5.69 Å². The molecule has 1 aromatic rings. The van der Waals surface area contributed by atoms with Crippen LogP contribution < -0.4 is 5.32 Å². The van der Waals surface area contributed by atoms with E-state index in [1.807, 2.05) is 19.2 Å². The van der Waals surface area contributed by atoms with Crippen molar-refractivity contribution in [3.8, 4) is 0 Å². The van der Waals surface area contributed by atoms with Gasteiger partial charge in [-0.3, -0.25) is 4.98 Å². The topological polar surface area (TPSA) is 24.9 Å². The summed E-state index contributed by atoms with van der Waals surface area (Å²) in [6.45, 7) is 5.79. The summed E-state index contributed by atoms with van der Waals surface area (Å²) in [7, 11) is 1.94. The minimum atomic E-state index is 0.367. The van der Waals surface area contributed by atoms with E-state index < -0.39 is 0 Å². The Balaban J connectivity index is 2.93. The fraction of sp³-hybridized carbons (Fsp3) is 0.300. The molecule has 1 heterocycles. The number of hydrogen-bond donors (Lipinski definition) is 1. The van der Waals surface area contributed by atoms with Crippen molar-refractivity contribution < 1.29 is 0 Å². The summed E-state index contributed by atoms with van der Waals surface area (Å²) in [6, 6.07) is 4.41. The van der Waals surface area contributed by atoms with E-state index in [-0.39, 0.29) is 0 Å². The first-order chi connectivity index (χ1) is 5.77. The van der Waals surface area contributed by atoms with Crippen molar-refractivity contribution in [2.75, 3.05) is 7.05 Å². The molecule has 0 bridgehead atoms. The minimum Gasteiger partial charge on any atom is -0.313 e. The molecule has 0 saturated carbocycles. The van der Waals surface area contributed by atoms with Crippen LogP contribution in [-0.4, -0.2) is 12.0 Å². The zero-order valence-electron chi connectivity index (χ0n) is 7.54. The van der Waals surface area contributed by atoms with Crippen LogP contribution in [0.4, 0.5) is 0 Å². The van der Waals surface area contributed by atoms with E-state index >= 15 is 0 Å². The van der Waals surface area contributed by atoms with Crippen LogP contribution in [0.15, 0.2) is 24.9 Å². The average molecular weight is 162 g/mol. The maximum Gasteiger partial charge on any atom is 0.0627 e. The Hall–Kier alpha value is -1.15. The van der Waals surface area contributed by atoms with Crippen LogP contribution in [-0.2, 0) is 0 Å². The first-order valence-electron chi connectivity index (χ1n) is 4.03. The van der Waals surface area contributed by atoms with Crippen LogP contribution in [0.3, 0.4) is 0 Å². The van der Waals surface area contributed by atoms with Gasteiger partial charge in [-0.25, -0.2) is 0 Å². The molecule has 1 aromatic heterocycles. The number of rotatable bonds is 3. The molecule has 1 N–H and O–H groups in total. The molecule has 64 valence electrons. The lowest BCUT2D eigenvalue weighted by atomic mass is 10.1. The van der Waals surface area contributed by atoms with Crippen molar-refractivity contribution in [2.45, 2.75) is 13.0 Å². The lowest BCUT2D eigenvalue weighted by molar-refractivity contribution is 0.651. The Morgan fingerprint density at radius 3 is 3.00 bits per heavy atom. The van der Waals surface area contributed by atoms with Gasteiger partial charge in [-0.1, -0.05) is 6.58 Å². The fourth-order valence-electron chi connectivity index (χ4n) is 1.01. The monoisotopic (exact) mass is 162 g/mol. The van der Waals surface area contributed by atoms with Crippen molar-refractivity contribution in [1.82, 2.24) is 10.3 Å². The zero-order chi connectivity index (χ0) is 8.97. The standard InChI is InChI=1S/C10H14N2/c1-4-10-7-9(5-6-12-10)8(2)11-3/h4-8,11H,1H2,2-3H3/t8-/m1/s1. The van der Waals surface area contributed by atoms with E-state index in [1.54, 1.807) is 12.3 Å². The van der Waals surface area contributed by atoms with E-state index in [2.05, 4.69) is 23.8 Å². The maximum absolute atomic E-state index is 4.13. The van der Waals surface area contributed by atoms with Gasteiger partial charge in [0, 0.05) is 12.2 Å². The lowest BCUT2D eigenvalue weighted by Crippen LogP contribution is -2.12. The Morgan fingerprint density at radius 2 is 2.42 bits per heavy atom. The number of aromatic nitrogens is 1. The van der Waals surface area contributed by atoms with Crippen molar-refractivity contribution in [3.05, 3.63) is 36.2 Å². The minimum absolute atomic E-state index is 0.367. The zero-order valence-corrected chi connectivity index (χ0v) is 7.54. The molecule has 0 aliphatic carbocycles. The lowest BCUT2D eigenvalue weighted by Gasteiger charge is -2.09. The highest BCUT2D eigenvalue weighted by atomic mass is 14.9. The van der Waals surface area contributed by atoms with Crippen LogP contribution in [0.1, 0.15) is 24.2 Å². The van der Waals surface area contributed by atoms with Gasteiger partial charge in [-0.05, 0) is 37.7 Å². The number of nitrogens with zero attached hydrogens (tertiary/aromatic N) is 1. The molecule has 0 radical (unpaired) electrons. The van der Waals surface area contributed by atoms with Crippen LogP contribution in [0.5, 0.6) is 0 Å². The van der Waals surface area contributed by atoms with Crippen molar-refractivity contribution >= 4 is 6.08 Å². The van der Waals surface area contributed by atoms with Gasteiger partial charge in [0.25, 0.3) is 0 Å². The van der Waals surface area contributed by atoms with Gasteiger partial charge in [0.1, 0.15) is 0 Å². The van der Waals surface area contributed by atoms with Crippen molar-refractivity contribution in [1.29, 1.82) is 0 Å². The molecule has 0 unspecified atom stereocenters. The summed E-state index contributed by atoms with van der Waals surface area (Å²) in [4.78, 5) is 4.13. The highest BCUT2D eigenvalue weighted by Crippen LogP contribution is 2.11. The van der Waals surface area contributed by atoms with Crippen molar-refractivity contribution in [3.63, 3.8) is 0 Å². The molecule has 0 aliphatic rings. The quantitative estimate of drug-likeness (QED) is 0.735. The van der Waals surface area contributed by atoms with Gasteiger partial charge in [0.05, 0.1) is 5.69 Å². The number of nitrogens with one attached hydrogen (secondary N) is 1. The van der Waals surface area contributed by atoms with Crippen LogP contribution in [0, 0.1) is 0 Å². The third-order valence-electron chi connectivity index (χ3n) is 1.95. The van der Waals surface area contributed by atoms with Crippen LogP contribution >= 0.6 is 0 Å². The normalized spacial score (nSPS) is 12.5. The van der Waals surface area contributed by atoms with E-state index in [1.165, 1.54) is 5.56 Å². The Labute approximate surface area is 73.3 Å². The third-order valence-corrected chi connectivity index (χ3v) is 1.95. The average Bonchev–Trinajstić information content (AvgIpc) is 2.17. The molecule has 0 saturated heterocycles. The van der Waals surface area contributed by atoms with Gasteiger partial charge in [0.15, 0.2) is 0 Å². The van der Waals surface area contributed by atoms with Crippen LogP contribution in [0.25, 0.3) is 6.08 Å². The second-order valence-corrected chi connectivity index (χ2v) is 2.73. The first-order valence-corrected chi connectivity index (χ1v) is 4.03. The summed E-state index contributed by atoms with van der Waals surface area (Å²) in [5.74, 6) is 0. The van der Waals surface area contributed by atoms with Crippen molar-refractivity contribution in [2.24, 2.45) is 0 Å². The van der Waals surface area contributed by atoms with E-state index in [0.29, 0.717) is 6.04 Å². The molecule has 1 atom stereocenters. The third kappa shape index (κ3) is 1.92.